The topological polar surface area (TPSA) is 86.8 Å². The lowest BCUT2D eigenvalue weighted by Gasteiger charge is -2.34. The van der Waals surface area contributed by atoms with Crippen LogP contribution in [0.3, 0.4) is 0 Å². The molecule has 3 aromatic carbocycles. The quantitative estimate of drug-likeness (QED) is 0.207. The Kier molecular flexibility index (Phi) is 12.3. The summed E-state index contributed by atoms with van der Waals surface area (Å²) in [5, 5.41) is 4.12. The van der Waals surface area contributed by atoms with Crippen molar-refractivity contribution in [2.24, 2.45) is 0 Å². The van der Waals surface area contributed by atoms with E-state index in [0.717, 1.165) is 48.8 Å². The largest absolute Gasteiger partial charge is 0.352 e. The minimum atomic E-state index is -3.60. The Morgan fingerprint density at radius 3 is 2.22 bits per heavy atom. The molecule has 0 radical (unpaired) electrons. The molecule has 7 nitrogen and oxygen atoms in total. The van der Waals surface area contributed by atoms with Gasteiger partial charge in [-0.2, -0.15) is 0 Å². The Morgan fingerprint density at radius 2 is 1.60 bits per heavy atom. The first-order valence-corrected chi connectivity index (χ1v) is 18.1. The van der Waals surface area contributed by atoms with E-state index in [-0.39, 0.29) is 43.8 Å². The number of anilines is 1. The van der Waals surface area contributed by atoms with E-state index >= 15 is 0 Å². The van der Waals surface area contributed by atoms with Crippen LogP contribution in [0.2, 0.25) is 10.0 Å². The zero-order chi connectivity index (χ0) is 32.6. The van der Waals surface area contributed by atoms with Gasteiger partial charge < -0.3 is 10.2 Å². The number of carbonyl (C=O) groups excluding carboxylic acids is 2. The normalized spacial score (nSPS) is 14.5. The van der Waals surface area contributed by atoms with Gasteiger partial charge in [0.2, 0.25) is 21.8 Å². The molecule has 0 heterocycles. The van der Waals surface area contributed by atoms with Crippen LogP contribution in [-0.2, 0) is 32.6 Å². The molecule has 0 aliphatic heterocycles. The van der Waals surface area contributed by atoms with Crippen molar-refractivity contribution in [2.45, 2.75) is 83.8 Å². The molecule has 2 amide bonds. The molecule has 45 heavy (non-hydrogen) atoms. The van der Waals surface area contributed by atoms with E-state index in [4.69, 9.17) is 23.2 Å². The van der Waals surface area contributed by atoms with Crippen molar-refractivity contribution in [3.8, 4) is 0 Å². The van der Waals surface area contributed by atoms with Crippen LogP contribution < -0.4 is 9.62 Å². The number of sulfonamides is 1. The van der Waals surface area contributed by atoms with E-state index in [0.29, 0.717) is 27.7 Å². The highest BCUT2D eigenvalue weighted by molar-refractivity contribution is 7.92. The zero-order valence-corrected chi connectivity index (χ0v) is 28.6. The van der Waals surface area contributed by atoms with Crippen LogP contribution >= 0.6 is 23.2 Å². The fourth-order valence-electron chi connectivity index (χ4n) is 6.03. The second-order valence-electron chi connectivity index (χ2n) is 12.1. The predicted molar refractivity (Wildman–Crippen MR) is 183 cm³/mol. The minimum absolute atomic E-state index is 0.0457. The van der Waals surface area contributed by atoms with E-state index in [1.807, 2.05) is 62.4 Å². The third-order valence-corrected chi connectivity index (χ3v) is 10.0. The number of nitrogens with zero attached hydrogens (tertiary/aromatic N) is 2. The van der Waals surface area contributed by atoms with Crippen LogP contribution in [0.4, 0.5) is 5.69 Å². The molecule has 1 aliphatic rings. The number of nitrogens with one attached hydrogen (secondary N) is 1. The molecule has 0 saturated heterocycles. The molecule has 1 atom stereocenters. The number of carbonyl (C=O) groups is 2. The van der Waals surface area contributed by atoms with Crippen molar-refractivity contribution in [1.82, 2.24) is 10.2 Å². The monoisotopic (exact) mass is 671 g/mol. The van der Waals surface area contributed by atoms with Gasteiger partial charge in [-0.3, -0.25) is 13.9 Å². The third-order valence-electron chi connectivity index (χ3n) is 8.23. The number of hydrogen-bond acceptors (Lipinski definition) is 4. The predicted octanol–water partition coefficient (Wildman–Crippen LogP) is 7.25. The van der Waals surface area contributed by atoms with Crippen molar-refractivity contribution in [2.75, 3.05) is 17.1 Å². The lowest BCUT2D eigenvalue weighted by Crippen LogP contribution is -2.53. The Morgan fingerprint density at radius 1 is 0.933 bits per heavy atom. The highest BCUT2D eigenvalue weighted by Crippen LogP contribution is 2.26. The molecule has 1 saturated carbocycles. The van der Waals surface area contributed by atoms with Gasteiger partial charge in [-0.25, -0.2) is 8.42 Å². The van der Waals surface area contributed by atoms with Crippen molar-refractivity contribution >= 4 is 50.7 Å². The number of halogens is 2. The summed E-state index contributed by atoms with van der Waals surface area (Å²) in [6, 6.07) is 19.7. The van der Waals surface area contributed by atoms with Crippen LogP contribution in [-0.4, -0.2) is 50.0 Å². The Labute approximate surface area is 278 Å². The molecule has 10 heteroatoms. The maximum absolute atomic E-state index is 14.1. The summed E-state index contributed by atoms with van der Waals surface area (Å²) in [5.41, 5.74) is 4.08. The first kappa shape index (κ1) is 34.8. The highest BCUT2D eigenvalue weighted by atomic mass is 35.5. The lowest BCUT2D eigenvalue weighted by atomic mass is 9.94. The van der Waals surface area contributed by atoms with Gasteiger partial charge in [0.05, 0.1) is 11.9 Å². The molecule has 0 bridgehead atoms. The fraction of sp³-hybridized carbons (Fsp3) is 0.429. The van der Waals surface area contributed by atoms with E-state index < -0.39 is 16.1 Å². The van der Waals surface area contributed by atoms with Crippen LogP contribution in [0.25, 0.3) is 0 Å². The lowest BCUT2D eigenvalue weighted by molar-refractivity contribution is -0.141. The van der Waals surface area contributed by atoms with E-state index in [1.165, 1.54) is 10.6 Å². The molecule has 4 rings (SSSR count). The van der Waals surface area contributed by atoms with Crippen LogP contribution in [0, 0.1) is 13.8 Å². The summed E-state index contributed by atoms with van der Waals surface area (Å²) in [4.78, 5) is 29.7. The van der Waals surface area contributed by atoms with Crippen molar-refractivity contribution < 1.29 is 18.0 Å². The molecule has 0 spiro atoms. The molecule has 1 aliphatic carbocycles. The fourth-order valence-corrected chi connectivity index (χ4v) is 7.45. The van der Waals surface area contributed by atoms with Gasteiger partial charge in [0.1, 0.15) is 6.04 Å². The number of benzene rings is 3. The molecule has 3 aromatic rings. The summed E-state index contributed by atoms with van der Waals surface area (Å²) >= 11 is 12.7. The van der Waals surface area contributed by atoms with Crippen molar-refractivity contribution in [3.05, 3.63) is 99.0 Å². The van der Waals surface area contributed by atoms with Gasteiger partial charge in [-0.15, -0.1) is 0 Å². The zero-order valence-electron chi connectivity index (χ0n) is 26.3. The van der Waals surface area contributed by atoms with Gasteiger partial charge in [-0.05, 0) is 79.6 Å². The maximum atomic E-state index is 14.1. The number of aryl methyl sites for hydroxylation is 2. The first-order chi connectivity index (χ1) is 21.4. The Bertz CT molecular complexity index is 1560. The van der Waals surface area contributed by atoms with Gasteiger partial charge in [0, 0.05) is 42.0 Å². The summed E-state index contributed by atoms with van der Waals surface area (Å²) < 4.78 is 27.0. The summed E-state index contributed by atoms with van der Waals surface area (Å²) in [6.07, 6.45) is 6.94. The highest BCUT2D eigenvalue weighted by Gasteiger charge is 2.32. The average molecular weight is 673 g/mol. The van der Waals surface area contributed by atoms with E-state index in [2.05, 4.69) is 5.32 Å². The standard InChI is InChI=1S/C35H43Cl2N3O4S/c1-25-19-26(2)21-31(20-25)40(45(3,43)44)18-10-15-34(41)39(24-28-16-17-29(36)23-32(28)37)33(22-27-11-6-4-7-12-27)35(42)38-30-13-8-5-9-14-30/h4,6-7,11-12,16-17,19-21,23,30,33H,5,8-10,13-15,18,22,24H2,1-3H3,(H,38,42)/t33-/m1/s1. The molecule has 242 valence electrons. The Balaban J connectivity index is 1.62. The smallest absolute Gasteiger partial charge is 0.243 e. The molecular formula is C35H43Cl2N3O4S. The average Bonchev–Trinajstić information content (AvgIpc) is 2.98. The van der Waals surface area contributed by atoms with Gasteiger partial charge in [0.15, 0.2) is 0 Å². The molecule has 0 unspecified atom stereocenters. The molecular weight excluding hydrogens is 629 g/mol. The van der Waals surface area contributed by atoms with E-state index in [9.17, 15) is 18.0 Å². The van der Waals surface area contributed by atoms with Gasteiger partial charge in [0.25, 0.3) is 0 Å². The molecule has 1 N–H and O–H groups in total. The van der Waals surface area contributed by atoms with Crippen LogP contribution in [0.1, 0.15) is 67.2 Å². The SMILES string of the molecule is Cc1cc(C)cc(N(CCCC(=O)N(Cc2ccc(Cl)cc2Cl)[C@H](Cc2ccccc2)C(=O)NC2CCCCC2)S(C)(=O)=O)c1. The Hall–Kier alpha value is -3.07. The van der Waals surface area contributed by atoms with Crippen LogP contribution in [0.15, 0.2) is 66.7 Å². The molecule has 1 fully saturated rings. The second kappa shape index (κ2) is 16.0. The minimum Gasteiger partial charge on any atom is -0.352 e. The number of rotatable bonds is 13. The van der Waals surface area contributed by atoms with Crippen LogP contribution in [0.5, 0.6) is 0 Å². The van der Waals surface area contributed by atoms with Gasteiger partial charge >= 0.3 is 0 Å². The third kappa shape index (κ3) is 10.2. The van der Waals surface area contributed by atoms with Crippen molar-refractivity contribution in [3.63, 3.8) is 0 Å². The summed E-state index contributed by atoms with van der Waals surface area (Å²) in [6.45, 7) is 4.08. The number of amides is 2. The first-order valence-electron chi connectivity index (χ1n) is 15.5. The maximum Gasteiger partial charge on any atom is 0.243 e. The summed E-state index contributed by atoms with van der Waals surface area (Å²) in [5.74, 6) is -0.452. The van der Waals surface area contributed by atoms with Gasteiger partial charge in [-0.1, -0.05) is 84.9 Å². The summed E-state index contributed by atoms with van der Waals surface area (Å²) in [7, 11) is -3.60. The molecule has 0 aromatic heterocycles. The number of hydrogen-bond donors (Lipinski definition) is 1. The van der Waals surface area contributed by atoms with E-state index in [1.54, 1.807) is 23.1 Å². The second-order valence-corrected chi connectivity index (χ2v) is 14.8. The van der Waals surface area contributed by atoms with Crippen molar-refractivity contribution in [1.29, 1.82) is 0 Å².